The molecule has 228 valence electrons. The number of piperidine rings is 2. The zero-order valence-electron chi connectivity index (χ0n) is 25.3. The molecular weight excluding hydrogens is 570 g/mol. The minimum Gasteiger partial charge on any atom is -0.366 e. The summed E-state index contributed by atoms with van der Waals surface area (Å²) >= 11 is 6.41. The first-order valence-electron chi connectivity index (χ1n) is 16.0. The molecule has 0 spiro atoms. The highest BCUT2D eigenvalue weighted by atomic mass is 35.5. The van der Waals surface area contributed by atoms with E-state index in [0.29, 0.717) is 47.4 Å². The van der Waals surface area contributed by atoms with Crippen LogP contribution in [0, 0.1) is 6.92 Å². The van der Waals surface area contributed by atoms with Crippen molar-refractivity contribution in [3.05, 3.63) is 100 Å². The van der Waals surface area contributed by atoms with Gasteiger partial charge in [-0.2, -0.15) is 0 Å². The lowest BCUT2D eigenvalue weighted by Gasteiger charge is -2.45. The van der Waals surface area contributed by atoms with E-state index in [9.17, 15) is 9.59 Å². The van der Waals surface area contributed by atoms with E-state index in [0.717, 1.165) is 37.1 Å². The third-order valence-electron chi connectivity index (χ3n) is 10.7. The number of aryl methyl sites for hydroxylation is 1. The molecule has 3 aliphatic rings. The molecule has 7 rings (SSSR count). The van der Waals surface area contributed by atoms with Crippen LogP contribution in [-0.4, -0.2) is 62.9 Å². The smallest absolute Gasteiger partial charge is 0.255 e. The standard InChI is InChI=1S/C36H40ClN5O2/c1-24-39-32-9-5-6-10-33(32)42(24)29-22-27-12-13-28(23-29)41(27)20-17-36(26-7-3-2-4-8-26)15-18-40(19-16-36)35(44)30-21-25(34(38)43)11-14-31(30)37/h2-11,14,21,27-29H,12-13,15-20,22-23H2,1H3,(H2,38,43). The number of amides is 2. The van der Waals surface area contributed by atoms with Crippen LogP contribution in [0.5, 0.6) is 0 Å². The molecule has 0 radical (unpaired) electrons. The normalized spacial score (nSPS) is 23.2. The van der Waals surface area contributed by atoms with Crippen LogP contribution >= 0.6 is 11.6 Å². The molecule has 44 heavy (non-hydrogen) atoms. The Morgan fingerprint density at radius 2 is 1.61 bits per heavy atom. The molecule has 3 aromatic carbocycles. The van der Waals surface area contributed by atoms with Gasteiger partial charge in [0.15, 0.2) is 0 Å². The summed E-state index contributed by atoms with van der Waals surface area (Å²) in [6, 6.07) is 25.8. The van der Waals surface area contributed by atoms with Gasteiger partial charge in [-0.05, 0) is 99.7 Å². The van der Waals surface area contributed by atoms with Crippen LogP contribution in [0.1, 0.15) is 83.1 Å². The molecule has 2 unspecified atom stereocenters. The lowest BCUT2D eigenvalue weighted by atomic mass is 9.70. The van der Waals surface area contributed by atoms with E-state index >= 15 is 0 Å². The Morgan fingerprint density at radius 3 is 2.32 bits per heavy atom. The summed E-state index contributed by atoms with van der Waals surface area (Å²) in [4.78, 5) is 34.9. The predicted octanol–water partition coefficient (Wildman–Crippen LogP) is 6.53. The Kier molecular flexibility index (Phi) is 7.71. The van der Waals surface area contributed by atoms with Crippen molar-refractivity contribution < 1.29 is 9.59 Å². The molecule has 2 N–H and O–H groups in total. The molecule has 3 fully saturated rings. The SMILES string of the molecule is Cc1nc2ccccc2n1C1CC2CCC(C1)N2CCC1(c2ccccc2)CCN(C(=O)c2cc(C(N)=O)ccc2Cl)CC1. The lowest BCUT2D eigenvalue weighted by molar-refractivity contribution is 0.0607. The summed E-state index contributed by atoms with van der Waals surface area (Å²) in [6.07, 6.45) is 7.72. The number of carbonyl (C=O) groups excluding carboxylic acids is 2. The Morgan fingerprint density at radius 1 is 0.932 bits per heavy atom. The maximum Gasteiger partial charge on any atom is 0.255 e. The van der Waals surface area contributed by atoms with Crippen LogP contribution in [0.25, 0.3) is 11.0 Å². The van der Waals surface area contributed by atoms with E-state index in [2.05, 4.69) is 71.0 Å². The molecule has 2 bridgehead atoms. The minimum absolute atomic E-state index is 0.00430. The minimum atomic E-state index is -0.566. The van der Waals surface area contributed by atoms with E-state index in [1.807, 2.05) is 4.90 Å². The number of nitrogens with two attached hydrogens (primary N) is 1. The van der Waals surface area contributed by atoms with Gasteiger partial charge in [-0.1, -0.05) is 54.1 Å². The van der Waals surface area contributed by atoms with Crippen LogP contribution in [0.15, 0.2) is 72.8 Å². The zero-order valence-corrected chi connectivity index (χ0v) is 26.0. The Labute approximate surface area is 264 Å². The molecule has 2 amide bonds. The molecular formula is C36H40ClN5O2. The third-order valence-corrected chi connectivity index (χ3v) is 11.1. The number of para-hydroxylation sites is 2. The number of hydrogen-bond acceptors (Lipinski definition) is 4. The van der Waals surface area contributed by atoms with E-state index < -0.39 is 5.91 Å². The van der Waals surface area contributed by atoms with Gasteiger partial charge in [-0.15, -0.1) is 0 Å². The summed E-state index contributed by atoms with van der Waals surface area (Å²) < 4.78 is 2.50. The van der Waals surface area contributed by atoms with E-state index in [-0.39, 0.29) is 11.3 Å². The third kappa shape index (κ3) is 5.20. The average Bonchev–Trinajstić information content (AvgIpc) is 3.50. The number of benzene rings is 3. The Balaban J connectivity index is 1.07. The largest absolute Gasteiger partial charge is 0.366 e. The summed E-state index contributed by atoms with van der Waals surface area (Å²) in [5.74, 6) is 0.419. The zero-order chi connectivity index (χ0) is 30.4. The maximum absolute atomic E-state index is 13.6. The number of rotatable bonds is 7. The van der Waals surface area contributed by atoms with Gasteiger partial charge >= 0.3 is 0 Å². The van der Waals surface area contributed by atoms with E-state index in [1.54, 1.807) is 12.1 Å². The number of nitrogens with zero attached hydrogens (tertiary/aromatic N) is 4. The quantitative estimate of drug-likeness (QED) is 0.258. The van der Waals surface area contributed by atoms with E-state index in [1.165, 1.54) is 42.8 Å². The van der Waals surface area contributed by atoms with Crippen molar-refractivity contribution in [2.75, 3.05) is 19.6 Å². The van der Waals surface area contributed by atoms with Gasteiger partial charge in [0.25, 0.3) is 5.91 Å². The van der Waals surface area contributed by atoms with Crippen molar-refractivity contribution in [1.29, 1.82) is 0 Å². The number of primary amides is 1. The summed E-state index contributed by atoms with van der Waals surface area (Å²) in [5.41, 5.74) is 9.84. The first-order valence-corrected chi connectivity index (χ1v) is 16.3. The second-order valence-electron chi connectivity index (χ2n) is 13.0. The van der Waals surface area contributed by atoms with Crippen LogP contribution in [0.2, 0.25) is 5.02 Å². The van der Waals surface area contributed by atoms with Crippen LogP contribution in [-0.2, 0) is 5.41 Å². The van der Waals surface area contributed by atoms with Crippen LogP contribution in [0.4, 0.5) is 0 Å². The van der Waals surface area contributed by atoms with Gasteiger partial charge in [0.2, 0.25) is 5.91 Å². The van der Waals surface area contributed by atoms with Gasteiger partial charge in [0, 0.05) is 36.8 Å². The van der Waals surface area contributed by atoms with Gasteiger partial charge in [0.05, 0.1) is 21.6 Å². The van der Waals surface area contributed by atoms with E-state index in [4.69, 9.17) is 22.3 Å². The van der Waals surface area contributed by atoms with Gasteiger partial charge < -0.3 is 15.2 Å². The molecule has 3 saturated heterocycles. The summed E-state index contributed by atoms with van der Waals surface area (Å²) in [7, 11) is 0. The summed E-state index contributed by atoms with van der Waals surface area (Å²) in [6.45, 7) is 4.51. The van der Waals surface area contributed by atoms with Crippen molar-refractivity contribution in [3.8, 4) is 0 Å². The van der Waals surface area contributed by atoms with Crippen molar-refractivity contribution >= 4 is 34.4 Å². The number of fused-ring (bicyclic) bond motifs is 3. The Bertz CT molecular complexity index is 1680. The second-order valence-corrected chi connectivity index (χ2v) is 13.4. The molecule has 0 saturated carbocycles. The first-order chi connectivity index (χ1) is 21.3. The highest BCUT2D eigenvalue weighted by Crippen LogP contribution is 2.45. The maximum atomic E-state index is 13.6. The molecule has 4 heterocycles. The number of halogens is 1. The summed E-state index contributed by atoms with van der Waals surface area (Å²) in [5, 5.41) is 0.345. The second kappa shape index (κ2) is 11.7. The average molecular weight is 610 g/mol. The highest BCUT2D eigenvalue weighted by molar-refractivity contribution is 6.34. The molecule has 4 aromatic rings. The number of likely N-dealkylation sites (tertiary alicyclic amines) is 1. The fourth-order valence-electron chi connectivity index (χ4n) is 8.42. The number of carbonyl (C=O) groups is 2. The number of aromatic nitrogens is 2. The van der Waals surface area contributed by atoms with Gasteiger partial charge in [0.1, 0.15) is 5.82 Å². The molecule has 3 aliphatic heterocycles. The van der Waals surface area contributed by atoms with Crippen molar-refractivity contribution in [2.24, 2.45) is 5.73 Å². The van der Waals surface area contributed by atoms with Gasteiger partial charge in [-0.3, -0.25) is 14.5 Å². The molecule has 7 nitrogen and oxygen atoms in total. The topological polar surface area (TPSA) is 84.5 Å². The number of hydrogen-bond donors (Lipinski definition) is 1. The molecule has 8 heteroatoms. The highest BCUT2D eigenvalue weighted by Gasteiger charge is 2.44. The van der Waals surface area contributed by atoms with Crippen LogP contribution < -0.4 is 5.73 Å². The first kappa shape index (κ1) is 29.1. The van der Waals surface area contributed by atoms with Crippen LogP contribution in [0.3, 0.4) is 0 Å². The molecule has 0 aliphatic carbocycles. The number of imidazole rings is 1. The Hall–Kier alpha value is -3.68. The molecule has 1 aromatic heterocycles. The fourth-order valence-corrected chi connectivity index (χ4v) is 8.61. The lowest BCUT2D eigenvalue weighted by Crippen LogP contribution is -2.49. The van der Waals surface area contributed by atoms with Gasteiger partial charge in [-0.25, -0.2) is 4.98 Å². The fraction of sp³-hybridized carbons (Fsp3) is 0.417. The monoisotopic (exact) mass is 609 g/mol. The van der Waals surface area contributed by atoms with Crippen molar-refractivity contribution in [2.45, 2.75) is 75.4 Å². The predicted molar refractivity (Wildman–Crippen MR) is 174 cm³/mol. The van der Waals surface area contributed by atoms with Crippen molar-refractivity contribution in [1.82, 2.24) is 19.4 Å². The molecule has 2 atom stereocenters. The van der Waals surface area contributed by atoms with Crippen molar-refractivity contribution in [3.63, 3.8) is 0 Å².